The Kier molecular flexibility index (Phi) is 4.25. The van der Waals surface area contributed by atoms with Gasteiger partial charge in [0.25, 0.3) is 0 Å². The van der Waals surface area contributed by atoms with Crippen molar-refractivity contribution < 1.29 is 15.0 Å². The first-order valence-electron chi connectivity index (χ1n) is 7.05. The van der Waals surface area contributed by atoms with Crippen LogP contribution in [-0.4, -0.2) is 22.3 Å². The van der Waals surface area contributed by atoms with Crippen LogP contribution < -0.4 is 0 Å². The van der Waals surface area contributed by atoms with Crippen molar-refractivity contribution in [3.8, 4) is 0 Å². The Bertz CT molecular complexity index is 428. The van der Waals surface area contributed by atoms with Crippen LogP contribution >= 0.6 is 0 Å². The maximum atomic E-state index is 11.7. The molecule has 3 heteroatoms. The average molecular weight is 262 g/mol. The van der Waals surface area contributed by atoms with E-state index in [4.69, 9.17) is 0 Å². The van der Waals surface area contributed by atoms with E-state index in [1.165, 1.54) is 0 Å². The molecule has 1 atom stereocenters. The van der Waals surface area contributed by atoms with Crippen molar-refractivity contribution in [3.63, 3.8) is 0 Å². The number of carbonyl (C=O) groups is 1. The summed E-state index contributed by atoms with van der Waals surface area (Å²) in [5.41, 5.74) is 1.27. The van der Waals surface area contributed by atoms with Crippen LogP contribution in [-0.2, 0) is 16.6 Å². The van der Waals surface area contributed by atoms with E-state index in [-0.39, 0.29) is 6.10 Å². The summed E-state index contributed by atoms with van der Waals surface area (Å²) in [5.74, 6) is -0.699. The van der Waals surface area contributed by atoms with E-state index >= 15 is 0 Å². The molecule has 0 aliphatic heterocycles. The molecule has 19 heavy (non-hydrogen) atoms. The van der Waals surface area contributed by atoms with Crippen LogP contribution in [0.25, 0.3) is 0 Å². The van der Waals surface area contributed by atoms with E-state index < -0.39 is 11.4 Å². The lowest BCUT2D eigenvalue weighted by atomic mass is 9.69. The number of carboxylic acid groups (broad SMARTS) is 1. The summed E-state index contributed by atoms with van der Waals surface area (Å²) in [6, 6.07) is 7.75. The minimum Gasteiger partial charge on any atom is -0.481 e. The molecular weight excluding hydrogens is 240 g/mol. The van der Waals surface area contributed by atoms with Gasteiger partial charge in [-0.05, 0) is 37.3 Å². The normalized spacial score (nSPS) is 19.9. The van der Waals surface area contributed by atoms with E-state index in [0.717, 1.165) is 43.2 Å². The van der Waals surface area contributed by atoms with Crippen molar-refractivity contribution in [2.75, 3.05) is 0 Å². The van der Waals surface area contributed by atoms with E-state index in [2.05, 4.69) is 0 Å². The standard InChI is InChI=1S/C16H22O3/c1-12(17)11-13-5-7-14(8-6-13)16(15(18)19)9-3-2-4-10-16/h5-8,12,17H,2-4,9-11H2,1H3,(H,18,19). The van der Waals surface area contributed by atoms with Gasteiger partial charge in [-0.15, -0.1) is 0 Å². The van der Waals surface area contributed by atoms with Crippen molar-refractivity contribution in [2.24, 2.45) is 0 Å². The third-order valence-electron chi connectivity index (χ3n) is 4.15. The van der Waals surface area contributed by atoms with Crippen molar-refractivity contribution >= 4 is 5.97 Å². The first-order valence-corrected chi connectivity index (χ1v) is 7.05. The van der Waals surface area contributed by atoms with Gasteiger partial charge in [-0.1, -0.05) is 43.5 Å². The molecule has 1 saturated carbocycles. The largest absolute Gasteiger partial charge is 0.481 e. The van der Waals surface area contributed by atoms with Gasteiger partial charge >= 0.3 is 5.97 Å². The highest BCUT2D eigenvalue weighted by Crippen LogP contribution is 2.39. The Morgan fingerprint density at radius 3 is 2.26 bits per heavy atom. The zero-order valence-electron chi connectivity index (χ0n) is 11.4. The third-order valence-corrected chi connectivity index (χ3v) is 4.15. The van der Waals surface area contributed by atoms with Gasteiger partial charge in [-0.3, -0.25) is 4.79 Å². The lowest BCUT2D eigenvalue weighted by molar-refractivity contribution is -0.145. The highest BCUT2D eigenvalue weighted by Gasteiger charge is 2.41. The fourth-order valence-electron chi connectivity index (χ4n) is 3.08. The van der Waals surface area contributed by atoms with Crippen LogP contribution in [0.2, 0.25) is 0 Å². The number of rotatable bonds is 4. The maximum absolute atomic E-state index is 11.7. The van der Waals surface area contributed by atoms with Crippen LogP contribution in [0.1, 0.15) is 50.2 Å². The predicted molar refractivity (Wildman–Crippen MR) is 74.2 cm³/mol. The highest BCUT2D eigenvalue weighted by atomic mass is 16.4. The van der Waals surface area contributed by atoms with Crippen molar-refractivity contribution in [3.05, 3.63) is 35.4 Å². The number of aliphatic hydroxyl groups excluding tert-OH is 1. The van der Waals surface area contributed by atoms with Crippen molar-refractivity contribution in [1.82, 2.24) is 0 Å². The van der Waals surface area contributed by atoms with Gasteiger partial charge < -0.3 is 10.2 Å². The second-order valence-corrected chi connectivity index (χ2v) is 5.70. The minimum atomic E-state index is -0.699. The SMILES string of the molecule is CC(O)Cc1ccc(C2(C(=O)O)CCCCC2)cc1. The number of aliphatic hydroxyl groups is 1. The summed E-state index contributed by atoms with van der Waals surface area (Å²) < 4.78 is 0. The number of benzene rings is 1. The fraction of sp³-hybridized carbons (Fsp3) is 0.562. The van der Waals surface area contributed by atoms with Gasteiger partial charge in [0, 0.05) is 0 Å². The second kappa shape index (κ2) is 5.74. The van der Waals surface area contributed by atoms with Crippen LogP contribution in [0.3, 0.4) is 0 Å². The van der Waals surface area contributed by atoms with E-state index in [9.17, 15) is 15.0 Å². The molecule has 2 N–H and O–H groups in total. The van der Waals surface area contributed by atoms with Crippen LogP contribution in [0.15, 0.2) is 24.3 Å². The van der Waals surface area contributed by atoms with Crippen molar-refractivity contribution in [2.45, 2.75) is 57.0 Å². The third kappa shape index (κ3) is 2.98. The van der Waals surface area contributed by atoms with Gasteiger partial charge in [0.15, 0.2) is 0 Å². The zero-order valence-corrected chi connectivity index (χ0v) is 11.4. The Labute approximate surface area is 114 Å². The Morgan fingerprint density at radius 2 is 1.79 bits per heavy atom. The van der Waals surface area contributed by atoms with Gasteiger partial charge in [-0.2, -0.15) is 0 Å². The van der Waals surface area contributed by atoms with Crippen LogP contribution in [0.5, 0.6) is 0 Å². The van der Waals surface area contributed by atoms with Gasteiger partial charge in [0.1, 0.15) is 0 Å². The summed E-state index contributed by atoms with van der Waals surface area (Å²) in [7, 11) is 0. The highest BCUT2D eigenvalue weighted by molar-refractivity contribution is 5.81. The molecule has 104 valence electrons. The molecule has 0 heterocycles. The zero-order chi connectivity index (χ0) is 13.9. The lowest BCUT2D eigenvalue weighted by Crippen LogP contribution is -2.37. The number of hydrogen-bond donors (Lipinski definition) is 2. The monoisotopic (exact) mass is 262 g/mol. The average Bonchev–Trinajstić information content (AvgIpc) is 2.39. The van der Waals surface area contributed by atoms with Gasteiger partial charge in [-0.25, -0.2) is 0 Å². The summed E-state index contributed by atoms with van der Waals surface area (Å²) in [6.45, 7) is 1.76. The quantitative estimate of drug-likeness (QED) is 0.877. The molecule has 1 aliphatic carbocycles. The summed E-state index contributed by atoms with van der Waals surface area (Å²) in [6.07, 6.45) is 4.82. The Balaban J connectivity index is 2.25. The van der Waals surface area contributed by atoms with E-state index in [0.29, 0.717) is 6.42 Å². The fourth-order valence-corrected chi connectivity index (χ4v) is 3.08. The maximum Gasteiger partial charge on any atom is 0.314 e. The first-order chi connectivity index (χ1) is 9.04. The van der Waals surface area contributed by atoms with Crippen molar-refractivity contribution in [1.29, 1.82) is 0 Å². The van der Waals surface area contributed by atoms with Gasteiger partial charge in [0.2, 0.25) is 0 Å². The van der Waals surface area contributed by atoms with Crippen LogP contribution in [0.4, 0.5) is 0 Å². The molecule has 0 aromatic heterocycles. The molecule has 2 rings (SSSR count). The molecule has 3 nitrogen and oxygen atoms in total. The molecule has 1 aromatic carbocycles. The van der Waals surface area contributed by atoms with E-state index in [1.807, 2.05) is 24.3 Å². The Hall–Kier alpha value is -1.35. The number of carboxylic acids is 1. The molecule has 0 saturated heterocycles. The molecule has 0 bridgehead atoms. The molecule has 0 spiro atoms. The lowest BCUT2D eigenvalue weighted by Gasteiger charge is -2.33. The number of aliphatic carboxylic acids is 1. The predicted octanol–water partition coefficient (Wildman–Crippen LogP) is 2.90. The molecule has 1 aromatic rings. The Morgan fingerprint density at radius 1 is 1.21 bits per heavy atom. The molecule has 0 radical (unpaired) electrons. The summed E-state index contributed by atoms with van der Waals surface area (Å²) in [4.78, 5) is 11.7. The summed E-state index contributed by atoms with van der Waals surface area (Å²) >= 11 is 0. The summed E-state index contributed by atoms with van der Waals surface area (Å²) in [5, 5.41) is 19.0. The second-order valence-electron chi connectivity index (χ2n) is 5.70. The first kappa shape index (κ1) is 14.1. The van der Waals surface area contributed by atoms with E-state index in [1.54, 1.807) is 6.92 Å². The molecular formula is C16H22O3. The van der Waals surface area contributed by atoms with Crippen LogP contribution in [0, 0.1) is 0 Å². The molecule has 1 unspecified atom stereocenters. The van der Waals surface area contributed by atoms with Gasteiger partial charge in [0.05, 0.1) is 11.5 Å². The topological polar surface area (TPSA) is 57.5 Å². The smallest absolute Gasteiger partial charge is 0.314 e. The number of hydrogen-bond acceptors (Lipinski definition) is 2. The molecule has 1 aliphatic rings. The molecule has 0 amide bonds. The minimum absolute atomic E-state index is 0.367. The molecule has 1 fully saturated rings.